The van der Waals surface area contributed by atoms with Crippen molar-refractivity contribution in [1.82, 2.24) is 0 Å². The van der Waals surface area contributed by atoms with Crippen LogP contribution in [0.5, 0.6) is 5.75 Å². The average molecular weight is 453 g/mol. The highest BCUT2D eigenvalue weighted by Gasteiger charge is 2.33. The first kappa shape index (κ1) is 20.8. The molecule has 1 saturated heterocycles. The van der Waals surface area contributed by atoms with Crippen molar-refractivity contribution in [2.75, 3.05) is 11.5 Å². The highest BCUT2D eigenvalue weighted by molar-refractivity contribution is 8.27. The Morgan fingerprint density at radius 1 is 1.19 bits per heavy atom. The van der Waals surface area contributed by atoms with Gasteiger partial charge in [0.15, 0.2) is 4.32 Å². The van der Waals surface area contributed by atoms with Crippen LogP contribution in [0.2, 0.25) is 0 Å². The first-order valence-corrected chi connectivity index (χ1v) is 10.5. The number of ether oxygens (including phenoxy) is 1. The molecule has 2 heterocycles. The van der Waals surface area contributed by atoms with E-state index in [1.165, 1.54) is 28.8 Å². The molecule has 1 aliphatic rings. The SMILES string of the molecule is CCOc1ccc(N2C(=O)C(=Cc3ccc(-c4cccc([N+](=O)[O-])c4)o3)SC2=S)cc1. The largest absolute Gasteiger partial charge is 0.494 e. The quantitative estimate of drug-likeness (QED) is 0.206. The fourth-order valence-corrected chi connectivity index (χ4v) is 4.32. The molecule has 1 aromatic heterocycles. The summed E-state index contributed by atoms with van der Waals surface area (Å²) >= 11 is 6.58. The van der Waals surface area contributed by atoms with E-state index in [0.717, 1.165) is 5.75 Å². The maximum atomic E-state index is 12.9. The number of amides is 1. The lowest BCUT2D eigenvalue weighted by molar-refractivity contribution is -0.384. The summed E-state index contributed by atoms with van der Waals surface area (Å²) in [5.41, 5.74) is 1.22. The van der Waals surface area contributed by atoms with Gasteiger partial charge in [-0.2, -0.15) is 0 Å². The number of hydrogen-bond donors (Lipinski definition) is 0. The number of nitro benzene ring substituents is 1. The molecule has 0 atom stereocenters. The molecule has 2 aromatic carbocycles. The second-order valence-corrected chi connectivity index (χ2v) is 8.13. The van der Waals surface area contributed by atoms with Gasteiger partial charge in [-0.25, -0.2) is 0 Å². The Bertz CT molecular complexity index is 1200. The maximum absolute atomic E-state index is 12.9. The lowest BCUT2D eigenvalue weighted by atomic mass is 10.1. The zero-order chi connectivity index (χ0) is 22.0. The molecule has 0 aliphatic carbocycles. The average Bonchev–Trinajstić information content (AvgIpc) is 3.34. The summed E-state index contributed by atoms with van der Waals surface area (Å²) in [7, 11) is 0. The van der Waals surface area contributed by atoms with Crippen molar-refractivity contribution in [2.24, 2.45) is 0 Å². The molecular formula is C22H16N2O5S2. The van der Waals surface area contributed by atoms with Gasteiger partial charge in [-0.3, -0.25) is 19.8 Å². The summed E-state index contributed by atoms with van der Waals surface area (Å²) in [5, 5.41) is 11.0. The van der Waals surface area contributed by atoms with Gasteiger partial charge in [0.05, 0.1) is 22.1 Å². The van der Waals surface area contributed by atoms with Crippen LogP contribution < -0.4 is 9.64 Å². The Kier molecular flexibility index (Phi) is 5.88. The van der Waals surface area contributed by atoms with E-state index in [4.69, 9.17) is 21.4 Å². The van der Waals surface area contributed by atoms with Crippen molar-refractivity contribution in [3.05, 3.63) is 81.4 Å². The molecule has 1 amide bonds. The van der Waals surface area contributed by atoms with Crippen LogP contribution >= 0.6 is 24.0 Å². The molecule has 0 spiro atoms. The Morgan fingerprint density at radius 2 is 1.97 bits per heavy atom. The molecule has 1 aliphatic heterocycles. The van der Waals surface area contributed by atoms with E-state index in [1.807, 2.05) is 6.92 Å². The third-order valence-electron chi connectivity index (χ3n) is 4.44. The van der Waals surface area contributed by atoms with Gasteiger partial charge in [-0.05, 0) is 43.3 Å². The molecular weight excluding hydrogens is 436 g/mol. The molecule has 0 radical (unpaired) electrons. The number of hydrogen-bond acceptors (Lipinski definition) is 7. The summed E-state index contributed by atoms with van der Waals surface area (Å²) in [6.45, 7) is 2.46. The number of non-ortho nitro benzene ring substituents is 1. The molecule has 9 heteroatoms. The van der Waals surface area contributed by atoms with Gasteiger partial charge in [-0.15, -0.1) is 0 Å². The molecule has 0 unspecified atom stereocenters. The Labute approximate surface area is 187 Å². The Morgan fingerprint density at radius 3 is 2.68 bits per heavy atom. The van der Waals surface area contributed by atoms with Gasteiger partial charge >= 0.3 is 0 Å². The van der Waals surface area contributed by atoms with Gasteiger partial charge in [0.1, 0.15) is 17.3 Å². The third kappa shape index (κ3) is 4.37. The molecule has 7 nitrogen and oxygen atoms in total. The van der Waals surface area contributed by atoms with Crippen LogP contribution in [0.25, 0.3) is 17.4 Å². The van der Waals surface area contributed by atoms with Crippen LogP contribution in [-0.2, 0) is 4.79 Å². The van der Waals surface area contributed by atoms with E-state index in [2.05, 4.69) is 0 Å². The summed E-state index contributed by atoms with van der Waals surface area (Å²) in [6.07, 6.45) is 1.62. The van der Waals surface area contributed by atoms with Crippen LogP contribution in [0.4, 0.5) is 11.4 Å². The number of benzene rings is 2. The van der Waals surface area contributed by atoms with Crippen LogP contribution in [0.15, 0.2) is 70.0 Å². The minimum Gasteiger partial charge on any atom is -0.494 e. The van der Waals surface area contributed by atoms with Crippen LogP contribution in [0.1, 0.15) is 12.7 Å². The van der Waals surface area contributed by atoms with Crippen molar-refractivity contribution >= 4 is 51.7 Å². The lowest BCUT2D eigenvalue weighted by Crippen LogP contribution is -2.27. The van der Waals surface area contributed by atoms with Crippen molar-refractivity contribution < 1.29 is 18.9 Å². The van der Waals surface area contributed by atoms with Gasteiger partial charge < -0.3 is 9.15 Å². The molecule has 0 bridgehead atoms. The highest BCUT2D eigenvalue weighted by Crippen LogP contribution is 2.37. The standard InChI is InChI=1S/C22H16N2O5S2/c1-2-28-17-8-6-15(7-9-17)23-21(25)20(31-22(23)30)13-18-10-11-19(29-18)14-4-3-5-16(12-14)24(26)27/h3-13H,2H2,1H3. The molecule has 4 rings (SSSR count). The molecule has 3 aromatic rings. The number of nitrogens with zero attached hydrogens (tertiary/aromatic N) is 2. The van der Waals surface area contributed by atoms with E-state index in [-0.39, 0.29) is 11.6 Å². The van der Waals surface area contributed by atoms with Crippen LogP contribution in [-0.4, -0.2) is 21.8 Å². The van der Waals surface area contributed by atoms with E-state index in [1.54, 1.807) is 54.6 Å². The predicted octanol–water partition coefficient (Wildman–Crippen LogP) is 5.66. The number of anilines is 1. The molecule has 156 valence electrons. The van der Waals surface area contributed by atoms with Crippen LogP contribution in [0.3, 0.4) is 0 Å². The monoisotopic (exact) mass is 452 g/mol. The number of nitro groups is 1. The van der Waals surface area contributed by atoms with Crippen molar-refractivity contribution in [2.45, 2.75) is 6.92 Å². The summed E-state index contributed by atoms with van der Waals surface area (Å²) in [5.74, 6) is 1.40. The maximum Gasteiger partial charge on any atom is 0.270 e. The second kappa shape index (κ2) is 8.75. The number of thioether (sulfide) groups is 1. The fourth-order valence-electron chi connectivity index (χ4n) is 3.04. The van der Waals surface area contributed by atoms with Gasteiger partial charge in [-0.1, -0.05) is 36.1 Å². The van der Waals surface area contributed by atoms with Gasteiger partial charge in [0.25, 0.3) is 11.6 Å². The third-order valence-corrected chi connectivity index (χ3v) is 5.74. The minimum absolute atomic E-state index is 0.0216. The van der Waals surface area contributed by atoms with E-state index < -0.39 is 4.92 Å². The Balaban J connectivity index is 1.56. The number of furan rings is 1. The van der Waals surface area contributed by atoms with E-state index in [9.17, 15) is 14.9 Å². The topological polar surface area (TPSA) is 85.8 Å². The van der Waals surface area contributed by atoms with Crippen molar-refractivity contribution in [1.29, 1.82) is 0 Å². The molecule has 31 heavy (non-hydrogen) atoms. The number of carbonyl (C=O) groups is 1. The molecule has 1 fully saturated rings. The normalized spacial score (nSPS) is 15.0. The molecule has 0 saturated carbocycles. The number of rotatable bonds is 6. The lowest BCUT2D eigenvalue weighted by Gasteiger charge is -2.15. The minimum atomic E-state index is -0.459. The van der Waals surface area contributed by atoms with Gasteiger partial charge in [0, 0.05) is 23.8 Å². The molecule has 0 N–H and O–H groups in total. The summed E-state index contributed by atoms with van der Waals surface area (Å²) in [4.78, 5) is 25.4. The van der Waals surface area contributed by atoms with E-state index >= 15 is 0 Å². The predicted molar refractivity (Wildman–Crippen MR) is 124 cm³/mol. The number of thiocarbonyl (C=S) groups is 1. The summed E-state index contributed by atoms with van der Waals surface area (Å²) in [6, 6.07) is 16.7. The second-order valence-electron chi connectivity index (χ2n) is 6.45. The van der Waals surface area contributed by atoms with Gasteiger partial charge in [0.2, 0.25) is 0 Å². The zero-order valence-corrected chi connectivity index (χ0v) is 17.9. The number of carbonyl (C=O) groups excluding carboxylic acids is 1. The zero-order valence-electron chi connectivity index (χ0n) is 16.3. The summed E-state index contributed by atoms with van der Waals surface area (Å²) < 4.78 is 11.6. The fraction of sp³-hybridized carbons (Fsp3) is 0.0909. The first-order chi connectivity index (χ1) is 15.0. The van der Waals surface area contributed by atoms with Crippen LogP contribution in [0, 0.1) is 10.1 Å². The van der Waals surface area contributed by atoms with E-state index in [0.29, 0.717) is 38.6 Å². The Hall–Kier alpha value is -3.43. The van der Waals surface area contributed by atoms with Crippen molar-refractivity contribution in [3.8, 4) is 17.1 Å². The first-order valence-electron chi connectivity index (χ1n) is 9.31. The highest BCUT2D eigenvalue weighted by atomic mass is 32.2. The smallest absolute Gasteiger partial charge is 0.270 e. The van der Waals surface area contributed by atoms with Crippen molar-refractivity contribution in [3.63, 3.8) is 0 Å².